The van der Waals surface area contributed by atoms with Crippen molar-refractivity contribution in [2.24, 2.45) is 17.6 Å². The van der Waals surface area contributed by atoms with E-state index in [0.717, 1.165) is 24.5 Å². The van der Waals surface area contributed by atoms with Gasteiger partial charge in [0, 0.05) is 0 Å². The fraction of sp³-hybridized carbons (Fsp3) is 0.769. The minimum absolute atomic E-state index is 0.227. The van der Waals surface area contributed by atoms with Crippen LogP contribution in [0.2, 0.25) is 0 Å². The van der Waals surface area contributed by atoms with Gasteiger partial charge in [-0.05, 0) is 31.6 Å². The number of nitrogens with zero attached hydrogens (tertiary/aromatic N) is 4. The second kappa shape index (κ2) is 5.07. The van der Waals surface area contributed by atoms with E-state index >= 15 is 0 Å². The lowest BCUT2D eigenvalue weighted by Crippen LogP contribution is -2.43. The Morgan fingerprint density at radius 3 is 2.78 bits per heavy atom. The molecule has 18 heavy (non-hydrogen) atoms. The minimum atomic E-state index is -0.437. The summed E-state index contributed by atoms with van der Waals surface area (Å²) in [5, 5.41) is 16.7. The van der Waals surface area contributed by atoms with Crippen LogP contribution in [0.5, 0.6) is 0 Å². The first-order valence-electron chi connectivity index (χ1n) is 6.60. The lowest BCUT2D eigenvalue weighted by atomic mass is 9.72. The van der Waals surface area contributed by atoms with Crippen molar-refractivity contribution in [2.75, 3.05) is 0 Å². The smallest absolute Gasteiger partial charge is 0.129 e. The molecule has 0 bridgehead atoms. The Balaban J connectivity index is 2.11. The molecule has 1 aromatic heterocycles. The molecule has 5 nitrogen and oxygen atoms in total. The fourth-order valence-corrected chi connectivity index (χ4v) is 2.76. The van der Waals surface area contributed by atoms with Gasteiger partial charge in [0.25, 0.3) is 0 Å². The van der Waals surface area contributed by atoms with Crippen LogP contribution in [0.15, 0.2) is 6.20 Å². The second-order valence-electron chi connectivity index (χ2n) is 5.70. The predicted molar refractivity (Wildman–Crippen MR) is 68.3 cm³/mol. The zero-order valence-electron chi connectivity index (χ0n) is 11.1. The largest absolute Gasteiger partial charge is 0.320 e. The molecule has 2 rings (SSSR count). The van der Waals surface area contributed by atoms with Gasteiger partial charge in [0.05, 0.1) is 17.8 Å². The van der Waals surface area contributed by atoms with E-state index in [9.17, 15) is 0 Å². The molecule has 1 aliphatic rings. The molecular formula is C13H21N5. The topological polar surface area (TPSA) is 80.5 Å². The molecule has 98 valence electrons. The van der Waals surface area contributed by atoms with Crippen LogP contribution < -0.4 is 5.73 Å². The first kappa shape index (κ1) is 13.0. The Kier molecular flexibility index (Phi) is 3.67. The average molecular weight is 247 g/mol. The average Bonchev–Trinajstić information content (AvgIpc) is 2.79. The highest BCUT2D eigenvalue weighted by atomic mass is 15.4. The summed E-state index contributed by atoms with van der Waals surface area (Å²) in [5.74, 6) is 1.27. The van der Waals surface area contributed by atoms with Crippen LogP contribution in [-0.2, 0) is 12.1 Å². The van der Waals surface area contributed by atoms with Gasteiger partial charge in [-0.25, -0.2) is 4.68 Å². The minimum Gasteiger partial charge on any atom is -0.320 e. The summed E-state index contributed by atoms with van der Waals surface area (Å²) in [4.78, 5) is 0. The Hall–Kier alpha value is -1.41. The zero-order valence-corrected chi connectivity index (χ0v) is 11.1. The van der Waals surface area contributed by atoms with E-state index in [4.69, 9.17) is 11.0 Å². The normalized spacial score (nSPS) is 27.4. The van der Waals surface area contributed by atoms with Gasteiger partial charge in [0.1, 0.15) is 12.2 Å². The molecular weight excluding hydrogens is 226 g/mol. The van der Waals surface area contributed by atoms with Crippen LogP contribution in [0.1, 0.15) is 45.2 Å². The first-order valence-corrected chi connectivity index (χ1v) is 6.60. The van der Waals surface area contributed by atoms with Gasteiger partial charge >= 0.3 is 0 Å². The van der Waals surface area contributed by atoms with E-state index in [2.05, 4.69) is 23.3 Å². The van der Waals surface area contributed by atoms with Crippen molar-refractivity contribution in [3.05, 3.63) is 11.9 Å². The fourth-order valence-electron chi connectivity index (χ4n) is 2.76. The van der Waals surface area contributed by atoms with Crippen molar-refractivity contribution in [3.8, 4) is 6.07 Å². The Morgan fingerprint density at radius 1 is 1.50 bits per heavy atom. The number of nitrogens with two attached hydrogens (primary N) is 1. The van der Waals surface area contributed by atoms with Gasteiger partial charge in [-0.2, -0.15) is 5.26 Å². The Morgan fingerprint density at radius 2 is 2.17 bits per heavy atom. The Bertz CT molecular complexity index is 434. The van der Waals surface area contributed by atoms with Crippen molar-refractivity contribution >= 4 is 0 Å². The molecule has 1 heterocycles. The van der Waals surface area contributed by atoms with E-state index < -0.39 is 5.54 Å². The SMILES string of the molecule is CC1CCC([C@](C)(N)c2cn(CC#N)nn2)CC1. The highest BCUT2D eigenvalue weighted by Crippen LogP contribution is 2.38. The molecule has 1 fully saturated rings. The van der Waals surface area contributed by atoms with E-state index in [1.165, 1.54) is 12.8 Å². The van der Waals surface area contributed by atoms with Crippen LogP contribution in [0.4, 0.5) is 0 Å². The maximum Gasteiger partial charge on any atom is 0.129 e. The molecule has 5 heteroatoms. The summed E-state index contributed by atoms with van der Waals surface area (Å²) in [6.45, 7) is 4.56. The second-order valence-corrected chi connectivity index (χ2v) is 5.70. The van der Waals surface area contributed by atoms with E-state index in [-0.39, 0.29) is 6.54 Å². The third kappa shape index (κ3) is 2.54. The lowest BCUT2D eigenvalue weighted by Gasteiger charge is -2.37. The molecule has 1 aliphatic carbocycles. The zero-order chi connectivity index (χ0) is 13.2. The number of rotatable bonds is 3. The third-order valence-electron chi connectivity index (χ3n) is 4.19. The number of hydrogen-bond donors (Lipinski definition) is 1. The highest BCUT2D eigenvalue weighted by molar-refractivity contribution is 5.11. The van der Waals surface area contributed by atoms with Crippen molar-refractivity contribution in [2.45, 2.75) is 51.6 Å². The summed E-state index contributed by atoms with van der Waals surface area (Å²) >= 11 is 0. The molecule has 0 spiro atoms. The predicted octanol–water partition coefficient (Wildman–Crippen LogP) is 1.80. The summed E-state index contributed by atoms with van der Waals surface area (Å²) in [7, 11) is 0. The van der Waals surface area contributed by atoms with Gasteiger partial charge in [-0.15, -0.1) is 5.10 Å². The summed E-state index contributed by atoms with van der Waals surface area (Å²) in [6, 6.07) is 2.05. The van der Waals surface area contributed by atoms with Crippen LogP contribution in [0.25, 0.3) is 0 Å². The standard InChI is InChI=1S/C13H21N5/c1-10-3-5-11(6-4-10)13(2,15)12-9-18(8-7-14)17-16-12/h9-11H,3-6,8,15H2,1-2H3/t10?,11?,13-/m0/s1. The molecule has 0 amide bonds. The molecule has 2 N–H and O–H groups in total. The summed E-state index contributed by atoms with van der Waals surface area (Å²) < 4.78 is 1.55. The lowest BCUT2D eigenvalue weighted by molar-refractivity contribution is 0.189. The first-order chi connectivity index (χ1) is 8.54. The highest BCUT2D eigenvalue weighted by Gasteiger charge is 2.36. The molecule has 0 saturated heterocycles. The molecule has 0 aliphatic heterocycles. The molecule has 1 saturated carbocycles. The van der Waals surface area contributed by atoms with E-state index in [1.807, 2.05) is 6.92 Å². The van der Waals surface area contributed by atoms with Crippen LogP contribution in [0, 0.1) is 23.2 Å². The van der Waals surface area contributed by atoms with Gasteiger partial charge in [0.15, 0.2) is 0 Å². The van der Waals surface area contributed by atoms with E-state index in [1.54, 1.807) is 10.9 Å². The van der Waals surface area contributed by atoms with Crippen molar-refractivity contribution < 1.29 is 0 Å². The van der Waals surface area contributed by atoms with Crippen LogP contribution in [-0.4, -0.2) is 15.0 Å². The monoisotopic (exact) mass is 247 g/mol. The van der Waals surface area contributed by atoms with E-state index in [0.29, 0.717) is 5.92 Å². The maximum atomic E-state index is 8.64. The summed E-state index contributed by atoms with van der Waals surface area (Å²) in [6.07, 6.45) is 6.59. The number of aromatic nitrogens is 3. The maximum absolute atomic E-state index is 8.64. The third-order valence-corrected chi connectivity index (χ3v) is 4.19. The molecule has 1 aromatic rings. The van der Waals surface area contributed by atoms with Gasteiger partial charge in [0.2, 0.25) is 0 Å². The van der Waals surface area contributed by atoms with Crippen molar-refractivity contribution in [1.82, 2.24) is 15.0 Å². The molecule has 0 radical (unpaired) electrons. The quantitative estimate of drug-likeness (QED) is 0.883. The van der Waals surface area contributed by atoms with Crippen LogP contribution in [0.3, 0.4) is 0 Å². The van der Waals surface area contributed by atoms with Crippen molar-refractivity contribution in [1.29, 1.82) is 5.26 Å². The number of nitriles is 1. The number of hydrogen-bond acceptors (Lipinski definition) is 4. The van der Waals surface area contributed by atoms with Gasteiger partial charge < -0.3 is 5.73 Å². The molecule has 1 atom stereocenters. The molecule has 0 unspecified atom stereocenters. The summed E-state index contributed by atoms with van der Waals surface area (Å²) in [5.41, 5.74) is 6.84. The van der Waals surface area contributed by atoms with Gasteiger partial charge in [-0.3, -0.25) is 0 Å². The van der Waals surface area contributed by atoms with Gasteiger partial charge in [-0.1, -0.05) is 25.0 Å². The van der Waals surface area contributed by atoms with Crippen molar-refractivity contribution in [3.63, 3.8) is 0 Å². The molecule has 0 aromatic carbocycles. The Labute approximate surface area is 108 Å². The van der Waals surface area contributed by atoms with Crippen LogP contribution >= 0.6 is 0 Å².